The average molecular weight is 325 g/mol. The van der Waals surface area contributed by atoms with Crippen molar-refractivity contribution in [3.05, 3.63) is 71.7 Å². The maximum atomic E-state index is 12.8. The first-order valence-electron chi connectivity index (χ1n) is 6.76. The molecule has 24 heavy (non-hydrogen) atoms. The molecule has 0 aliphatic carbocycles. The highest BCUT2D eigenvalue weighted by molar-refractivity contribution is 6.07. The van der Waals surface area contributed by atoms with Crippen LogP contribution in [0.3, 0.4) is 0 Å². The first-order valence-corrected chi connectivity index (χ1v) is 6.76. The third-order valence-electron chi connectivity index (χ3n) is 2.96. The van der Waals surface area contributed by atoms with Gasteiger partial charge in [0.05, 0.1) is 5.56 Å². The Labute approximate surface area is 136 Å². The third kappa shape index (κ3) is 4.42. The van der Waals surface area contributed by atoms with E-state index in [9.17, 15) is 14.0 Å². The lowest BCUT2D eigenvalue weighted by molar-refractivity contribution is -0.112. The number of nitrogens with zero attached hydrogens (tertiary/aromatic N) is 1. The molecule has 0 unspecified atom stereocenters. The summed E-state index contributed by atoms with van der Waals surface area (Å²) >= 11 is 0. The Bertz CT molecular complexity index is 839. The molecule has 2 rings (SSSR count). The fourth-order valence-corrected chi connectivity index (χ4v) is 1.78. The van der Waals surface area contributed by atoms with E-state index in [-0.39, 0.29) is 16.8 Å². The average Bonchev–Trinajstić information content (AvgIpc) is 2.57. The fraction of sp³-hybridized carbons (Fsp3) is 0. The van der Waals surface area contributed by atoms with Gasteiger partial charge in [-0.1, -0.05) is 6.07 Å². The Balaban J connectivity index is 2.10. The number of nitrogens with one attached hydrogen (secondary N) is 2. The standard InChI is InChI=1S/C17H12FN3O3/c18-13-4-6-14(7-5-13)20-10-12(9-19)16(22)21-15-3-1-2-11(8-15)17(23)24/h1-8,10,20H,(H,21,22)(H,23,24)/b12-10-. The summed E-state index contributed by atoms with van der Waals surface area (Å²) < 4.78 is 12.8. The van der Waals surface area contributed by atoms with Crippen molar-refractivity contribution in [2.24, 2.45) is 0 Å². The van der Waals surface area contributed by atoms with Gasteiger partial charge in [0.25, 0.3) is 5.91 Å². The lowest BCUT2D eigenvalue weighted by Crippen LogP contribution is -2.15. The molecule has 0 saturated carbocycles. The minimum absolute atomic E-state index is 0.0136. The molecule has 0 bridgehead atoms. The number of hydrogen-bond acceptors (Lipinski definition) is 4. The summed E-state index contributed by atoms with van der Waals surface area (Å²) in [5.74, 6) is -2.23. The number of rotatable bonds is 5. The summed E-state index contributed by atoms with van der Waals surface area (Å²) in [5, 5.41) is 23.1. The predicted octanol–water partition coefficient (Wildman–Crippen LogP) is 2.98. The van der Waals surface area contributed by atoms with Crippen molar-refractivity contribution in [3.8, 4) is 6.07 Å². The van der Waals surface area contributed by atoms with Gasteiger partial charge in [0.1, 0.15) is 17.5 Å². The molecule has 0 fully saturated rings. The van der Waals surface area contributed by atoms with E-state index < -0.39 is 17.7 Å². The van der Waals surface area contributed by atoms with Gasteiger partial charge in [0.2, 0.25) is 0 Å². The number of carboxylic acids is 1. The van der Waals surface area contributed by atoms with Crippen molar-refractivity contribution in [1.29, 1.82) is 5.26 Å². The van der Waals surface area contributed by atoms with Crippen LogP contribution in [0.25, 0.3) is 0 Å². The van der Waals surface area contributed by atoms with E-state index in [2.05, 4.69) is 10.6 Å². The Hall–Kier alpha value is -3.66. The van der Waals surface area contributed by atoms with Crippen LogP contribution in [-0.2, 0) is 4.79 Å². The molecule has 3 N–H and O–H groups in total. The number of nitriles is 1. The van der Waals surface area contributed by atoms with Gasteiger partial charge in [0, 0.05) is 17.6 Å². The van der Waals surface area contributed by atoms with Crippen molar-refractivity contribution in [2.75, 3.05) is 10.6 Å². The molecule has 1 amide bonds. The van der Waals surface area contributed by atoms with E-state index in [4.69, 9.17) is 10.4 Å². The molecule has 120 valence electrons. The van der Waals surface area contributed by atoms with Gasteiger partial charge in [-0.2, -0.15) is 5.26 Å². The van der Waals surface area contributed by atoms with Crippen molar-refractivity contribution in [1.82, 2.24) is 0 Å². The number of carboxylic acid groups (broad SMARTS) is 1. The maximum Gasteiger partial charge on any atom is 0.335 e. The molecule has 0 spiro atoms. The summed E-state index contributed by atoms with van der Waals surface area (Å²) in [5.41, 5.74) is 0.549. The van der Waals surface area contributed by atoms with Crippen LogP contribution in [0.5, 0.6) is 0 Å². The van der Waals surface area contributed by atoms with Crippen molar-refractivity contribution in [2.45, 2.75) is 0 Å². The zero-order valence-corrected chi connectivity index (χ0v) is 12.3. The second kappa shape index (κ2) is 7.56. The van der Waals surface area contributed by atoms with Crippen molar-refractivity contribution in [3.63, 3.8) is 0 Å². The highest BCUT2D eigenvalue weighted by Crippen LogP contribution is 2.13. The Kier molecular flexibility index (Phi) is 5.26. The monoisotopic (exact) mass is 325 g/mol. The lowest BCUT2D eigenvalue weighted by Gasteiger charge is -2.06. The third-order valence-corrected chi connectivity index (χ3v) is 2.96. The van der Waals surface area contributed by atoms with E-state index in [1.54, 1.807) is 6.07 Å². The summed E-state index contributed by atoms with van der Waals surface area (Å²) in [6, 6.07) is 12.8. The molecule has 0 aromatic heterocycles. The van der Waals surface area contributed by atoms with Crippen LogP contribution in [0.1, 0.15) is 10.4 Å². The number of carbonyl (C=O) groups is 2. The van der Waals surface area contributed by atoms with Gasteiger partial charge in [-0.25, -0.2) is 9.18 Å². The van der Waals surface area contributed by atoms with E-state index in [1.807, 2.05) is 0 Å². The van der Waals surface area contributed by atoms with Crippen LogP contribution in [0.4, 0.5) is 15.8 Å². The van der Waals surface area contributed by atoms with E-state index in [0.717, 1.165) is 0 Å². The van der Waals surface area contributed by atoms with Crippen LogP contribution in [0, 0.1) is 17.1 Å². The fourth-order valence-electron chi connectivity index (χ4n) is 1.78. The molecule has 0 aliphatic heterocycles. The van der Waals surface area contributed by atoms with E-state index in [1.165, 1.54) is 54.7 Å². The van der Waals surface area contributed by atoms with Crippen LogP contribution in [0.15, 0.2) is 60.3 Å². The molecule has 0 radical (unpaired) electrons. The summed E-state index contributed by atoms with van der Waals surface area (Å²) in [7, 11) is 0. The van der Waals surface area contributed by atoms with Crippen molar-refractivity contribution >= 4 is 23.3 Å². The molecule has 7 heteroatoms. The summed E-state index contributed by atoms with van der Waals surface area (Å²) in [6.45, 7) is 0. The number of hydrogen-bond donors (Lipinski definition) is 3. The van der Waals surface area contributed by atoms with Crippen LogP contribution >= 0.6 is 0 Å². The Morgan fingerprint density at radius 1 is 1.12 bits per heavy atom. The van der Waals surface area contributed by atoms with Gasteiger partial charge in [0.15, 0.2) is 0 Å². The van der Waals surface area contributed by atoms with E-state index in [0.29, 0.717) is 5.69 Å². The number of amides is 1. The molecule has 0 atom stereocenters. The van der Waals surface area contributed by atoms with Gasteiger partial charge < -0.3 is 15.7 Å². The molecule has 6 nitrogen and oxygen atoms in total. The van der Waals surface area contributed by atoms with E-state index >= 15 is 0 Å². The van der Waals surface area contributed by atoms with Crippen LogP contribution < -0.4 is 10.6 Å². The topological polar surface area (TPSA) is 102 Å². The Morgan fingerprint density at radius 3 is 2.46 bits per heavy atom. The summed E-state index contributed by atoms with van der Waals surface area (Å²) in [4.78, 5) is 23.0. The first kappa shape index (κ1) is 16.7. The minimum Gasteiger partial charge on any atom is -0.478 e. The molecule has 0 aliphatic rings. The highest BCUT2D eigenvalue weighted by Gasteiger charge is 2.10. The zero-order valence-electron chi connectivity index (χ0n) is 12.3. The zero-order chi connectivity index (χ0) is 17.5. The highest BCUT2D eigenvalue weighted by atomic mass is 19.1. The minimum atomic E-state index is -1.12. The normalized spacial score (nSPS) is 10.6. The quantitative estimate of drug-likeness (QED) is 0.579. The second-order valence-electron chi connectivity index (χ2n) is 4.66. The smallest absolute Gasteiger partial charge is 0.335 e. The largest absolute Gasteiger partial charge is 0.478 e. The number of benzene rings is 2. The number of carbonyl (C=O) groups excluding carboxylic acids is 1. The van der Waals surface area contributed by atoms with Gasteiger partial charge >= 0.3 is 5.97 Å². The number of halogens is 1. The summed E-state index contributed by atoms with van der Waals surface area (Å²) in [6.07, 6.45) is 1.18. The molecule has 2 aromatic rings. The molecule has 0 saturated heterocycles. The van der Waals surface area contributed by atoms with Crippen LogP contribution in [-0.4, -0.2) is 17.0 Å². The lowest BCUT2D eigenvalue weighted by atomic mass is 10.2. The van der Waals surface area contributed by atoms with Crippen molar-refractivity contribution < 1.29 is 19.1 Å². The van der Waals surface area contributed by atoms with Gasteiger partial charge in [-0.3, -0.25) is 4.79 Å². The van der Waals surface area contributed by atoms with Gasteiger partial charge in [-0.05, 0) is 42.5 Å². The Morgan fingerprint density at radius 2 is 1.83 bits per heavy atom. The molecule has 2 aromatic carbocycles. The number of anilines is 2. The van der Waals surface area contributed by atoms with Crippen LogP contribution in [0.2, 0.25) is 0 Å². The second-order valence-corrected chi connectivity index (χ2v) is 4.66. The SMILES string of the molecule is N#C/C(=C/Nc1ccc(F)cc1)C(=O)Nc1cccc(C(=O)O)c1. The molecular weight excluding hydrogens is 313 g/mol. The molecular formula is C17H12FN3O3. The predicted molar refractivity (Wildman–Crippen MR) is 85.7 cm³/mol. The molecule has 0 heterocycles. The first-order chi connectivity index (χ1) is 11.5. The maximum absolute atomic E-state index is 12.8. The van der Waals surface area contributed by atoms with Gasteiger partial charge in [-0.15, -0.1) is 0 Å². The number of aromatic carboxylic acids is 1.